The summed E-state index contributed by atoms with van der Waals surface area (Å²) in [6.45, 7) is 5.68. The van der Waals surface area contributed by atoms with Crippen molar-refractivity contribution in [2.45, 2.75) is 33.2 Å². The van der Waals surface area contributed by atoms with Crippen LogP contribution in [0.4, 0.5) is 0 Å². The van der Waals surface area contributed by atoms with E-state index in [0.29, 0.717) is 17.8 Å². The molecule has 0 bridgehead atoms. The van der Waals surface area contributed by atoms with Crippen LogP contribution in [0.1, 0.15) is 35.1 Å². The number of imide groups is 1. The minimum atomic E-state index is -0.245. The number of aryl methyl sites for hydroxylation is 2. The number of carbonyl (C=O) groups excluding carboxylic acids is 2. The highest BCUT2D eigenvalue weighted by Gasteiger charge is 2.42. The number of likely N-dealkylation sites (tertiary alicyclic amines) is 1. The Bertz CT molecular complexity index is 976. The topological polar surface area (TPSA) is 60.9 Å². The first-order valence-corrected chi connectivity index (χ1v) is 10.6. The second-order valence-corrected chi connectivity index (χ2v) is 8.41. The van der Waals surface area contributed by atoms with Crippen LogP contribution in [0.2, 0.25) is 0 Å². The molecule has 2 heterocycles. The normalized spacial score (nSPS) is 19.8. The van der Waals surface area contributed by atoms with E-state index in [-0.39, 0.29) is 30.9 Å². The predicted octanol–water partition coefficient (Wildman–Crippen LogP) is 3.29. The van der Waals surface area contributed by atoms with E-state index in [2.05, 4.69) is 0 Å². The summed E-state index contributed by atoms with van der Waals surface area (Å²) in [5, 5.41) is 9.65. The lowest BCUT2D eigenvalue weighted by Crippen LogP contribution is -2.40. The first-order chi connectivity index (χ1) is 14.5. The Hall–Kier alpha value is -2.92. The summed E-state index contributed by atoms with van der Waals surface area (Å²) in [4.78, 5) is 30.3. The van der Waals surface area contributed by atoms with Crippen molar-refractivity contribution in [3.05, 3.63) is 76.5 Å². The smallest absolute Gasteiger partial charge is 0.278 e. The van der Waals surface area contributed by atoms with E-state index in [1.807, 2.05) is 67.3 Å². The Morgan fingerprint density at radius 2 is 1.57 bits per heavy atom. The van der Waals surface area contributed by atoms with Gasteiger partial charge in [-0.3, -0.25) is 14.5 Å². The van der Waals surface area contributed by atoms with Crippen LogP contribution >= 0.6 is 0 Å². The third-order valence-electron chi connectivity index (χ3n) is 6.04. The van der Waals surface area contributed by atoms with E-state index in [1.165, 1.54) is 4.90 Å². The zero-order valence-corrected chi connectivity index (χ0v) is 17.6. The monoisotopic (exact) mass is 404 g/mol. The molecule has 0 aliphatic carbocycles. The summed E-state index contributed by atoms with van der Waals surface area (Å²) >= 11 is 0. The van der Waals surface area contributed by atoms with Gasteiger partial charge >= 0.3 is 0 Å². The highest BCUT2D eigenvalue weighted by Crippen LogP contribution is 2.34. The van der Waals surface area contributed by atoms with Gasteiger partial charge in [0.2, 0.25) is 0 Å². The maximum absolute atomic E-state index is 13.5. The molecular weight excluding hydrogens is 376 g/mol. The molecule has 0 spiro atoms. The minimum Gasteiger partial charge on any atom is -0.396 e. The summed E-state index contributed by atoms with van der Waals surface area (Å²) in [7, 11) is 0. The molecule has 2 amide bonds. The number of carbonyl (C=O) groups is 2. The van der Waals surface area contributed by atoms with Crippen LogP contribution < -0.4 is 0 Å². The first kappa shape index (κ1) is 20.4. The van der Waals surface area contributed by atoms with Crippen molar-refractivity contribution in [2.75, 3.05) is 19.7 Å². The van der Waals surface area contributed by atoms with Crippen LogP contribution in [0, 0.1) is 19.8 Å². The average Bonchev–Trinajstić information content (AvgIpc) is 3.00. The third kappa shape index (κ3) is 3.90. The average molecular weight is 405 g/mol. The first-order valence-electron chi connectivity index (χ1n) is 10.6. The maximum Gasteiger partial charge on any atom is 0.278 e. The third-order valence-corrected chi connectivity index (χ3v) is 6.04. The van der Waals surface area contributed by atoms with E-state index in [1.54, 1.807) is 0 Å². The maximum atomic E-state index is 13.5. The molecule has 2 aliphatic heterocycles. The minimum absolute atomic E-state index is 0.0961. The van der Waals surface area contributed by atoms with Gasteiger partial charge in [0, 0.05) is 19.7 Å². The lowest BCUT2D eigenvalue weighted by molar-refractivity contribution is -0.138. The van der Waals surface area contributed by atoms with Crippen molar-refractivity contribution in [3.8, 4) is 0 Å². The molecule has 1 N–H and O–H groups in total. The van der Waals surface area contributed by atoms with E-state index in [9.17, 15) is 14.7 Å². The molecule has 2 aromatic carbocycles. The Morgan fingerprint density at radius 3 is 2.20 bits per heavy atom. The van der Waals surface area contributed by atoms with Crippen LogP contribution in [0.3, 0.4) is 0 Å². The van der Waals surface area contributed by atoms with Crippen molar-refractivity contribution in [1.82, 2.24) is 9.80 Å². The van der Waals surface area contributed by atoms with Crippen LogP contribution in [-0.2, 0) is 16.1 Å². The highest BCUT2D eigenvalue weighted by molar-refractivity contribution is 6.35. The fourth-order valence-electron chi connectivity index (χ4n) is 4.27. The molecule has 30 heavy (non-hydrogen) atoms. The SMILES string of the molecule is Cc1ccc(CN2C(=O)C(c3ccc(C)cc3)=C(N3CCCC(CO)C3)C2=O)cc1. The van der Waals surface area contributed by atoms with Crippen LogP contribution in [0.5, 0.6) is 0 Å². The number of nitrogens with zero attached hydrogens (tertiary/aromatic N) is 2. The summed E-state index contributed by atoms with van der Waals surface area (Å²) in [5.41, 5.74) is 4.90. The van der Waals surface area contributed by atoms with E-state index >= 15 is 0 Å². The van der Waals surface area contributed by atoms with Crippen molar-refractivity contribution in [1.29, 1.82) is 0 Å². The summed E-state index contributed by atoms with van der Waals surface area (Å²) in [6, 6.07) is 15.7. The van der Waals surface area contributed by atoms with Crippen molar-refractivity contribution < 1.29 is 14.7 Å². The lowest BCUT2D eigenvalue weighted by atomic mass is 9.96. The number of hydrogen-bond acceptors (Lipinski definition) is 4. The lowest BCUT2D eigenvalue weighted by Gasteiger charge is -2.34. The predicted molar refractivity (Wildman–Crippen MR) is 116 cm³/mol. The highest BCUT2D eigenvalue weighted by atomic mass is 16.3. The van der Waals surface area contributed by atoms with Gasteiger partial charge in [-0.05, 0) is 43.7 Å². The largest absolute Gasteiger partial charge is 0.396 e. The van der Waals surface area contributed by atoms with Crippen molar-refractivity contribution in [3.63, 3.8) is 0 Å². The molecule has 2 aliphatic rings. The van der Waals surface area contributed by atoms with Crippen molar-refractivity contribution >= 4 is 17.4 Å². The Morgan fingerprint density at radius 1 is 0.933 bits per heavy atom. The molecule has 1 unspecified atom stereocenters. The zero-order valence-electron chi connectivity index (χ0n) is 17.6. The Balaban J connectivity index is 1.72. The quantitative estimate of drug-likeness (QED) is 0.777. The van der Waals surface area contributed by atoms with Gasteiger partial charge in [0.25, 0.3) is 11.8 Å². The molecule has 0 aromatic heterocycles. The number of piperidine rings is 1. The van der Waals surface area contributed by atoms with Gasteiger partial charge in [-0.15, -0.1) is 0 Å². The number of amides is 2. The summed E-state index contributed by atoms with van der Waals surface area (Å²) < 4.78 is 0. The fraction of sp³-hybridized carbons (Fsp3) is 0.360. The van der Waals surface area contributed by atoms with Gasteiger partial charge in [0.15, 0.2) is 0 Å². The van der Waals surface area contributed by atoms with Gasteiger partial charge in [-0.2, -0.15) is 0 Å². The van der Waals surface area contributed by atoms with Gasteiger partial charge in [-0.1, -0.05) is 59.7 Å². The number of hydrogen-bond donors (Lipinski definition) is 1. The van der Waals surface area contributed by atoms with Gasteiger partial charge in [0.1, 0.15) is 5.70 Å². The molecular formula is C25H28N2O3. The van der Waals surface area contributed by atoms with Crippen LogP contribution in [-0.4, -0.2) is 46.4 Å². The molecule has 0 radical (unpaired) electrons. The van der Waals surface area contributed by atoms with Crippen molar-refractivity contribution in [2.24, 2.45) is 5.92 Å². The molecule has 0 saturated carbocycles. The molecule has 156 valence electrons. The molecule has 1 fully saturated rings. The molecule has 5 nitrogen and oxygen atoms in total. The fourth-order valence-corrected chi connectivity index (χ4v) is 4.27. The molecule has 2 aromatic rings. The molecule has 5 heteroatoms. The standard InChI is InChI=1S/C25H28N2O3/c1-17-5-9-19(10-6-17)15-27-24(29)22(21-11-7-18(2)8-12-21)23(25(27)30)26-13-3-4-20(14-26)16-28/h5-12,20,28H,3-4,13-16H2,1-2H3. The van der Waals surface area contributed by atoms with Crippen LogP contribution in [0.25, 0.3) is 5.57 Å². The number of aliphatic hydroxyl groups excluding tert-OH is 1. The van der Waals surface area contributed by atoms with Crippen LogP contribution in [0.15, 0.2) is 54.2 Å². The van der Waals surface area contributed by atoms with Gasteiger partial charge < -0.3 is 10.0 Å². The summed E-state index contributed by atoms with van der Waals surface area (Å²) in [5.74, 6) is -0.361. The molecule has 1 saturated heterocycles. The molecule has 1 atom stereocenters. The second kappa shape index (κ2) is 8.44. The van der Waals surface area contributed by atoms with Gasteiger partial charge in [0.05, 0.1) is 12.1 Å². The summed E-state index contributed by atoms with van der Waals surface area (Å²) in [6.07, 6.45) is 1.84. The van der Waals surface area contributed by atoms with E-state index in [0.717, 1.165) is 41.6 Å². The number of rotatable bonds is 5. The Kier molecular flexibility index (Phi) is 5.73. The Labute approximate surface area is 177 Å². The number of benzene rings is 2. The number of aliphatic hydroxyl groups is 1. The second-order valence-electron chi connectivity index (χ2n) is 8.41. The zero-order chi connectivity index (χ0) is 21.3. The van der Waals surface area contributed by atoms with E-state index in [4.69, 9.17) is 0 Å². The van der Waals surface area contributed by atoms with Gasteiger partial charge in [-0.25, -0.2) is 0 Å². The van der Waals surface area contributed by atoms with E-state index < -0.39 is 0 Å². The molecule has 4 rings (SSSR count).